The molecule has 0 atom stereocenters. The van der Waals surface area contributed by atoms with Crippen molar-refractivity contribution in [2.75, 3.05) is 38.4 Å². The van der Waals surface area contributed by atoms with Gasteiger partial charge in [-0.1, -0.05) is 23.9 Å². The molecule has 156 valence electrons. The lowest BCUT2D eigenvalue weighted by Gasteiger charge is -2.30. The van der Waals surface area contributed by atoms with Gasteiger partial charge < -0.3 is 20.2 Å². The molecule has 1 aromatic carbocycles. The van der Waals surface area contributed by atoms with Crippen LogP contribution < -0.4 is 10.6 Å². The molecule has 2 heterocycles. The van der Waals surface area contributed by atoms with Gasteiger partial charge >= 0.3 is 5.97 Å². The van der Waals surface area contributed by atoms with Gasteiger partial charge in [-0.2, -0.15) is 0 Å². The van der Waals surface area contributed by atoms with E-state index in [9.17, 15) is 9.59 Å². The first kappa shape index (κ1) is 21.0. The van der Waals surface area contributed by atoms with Gasteiger partial charge in [-0.05, 0) is 31.9 Å². The fraction of sp³-hybridized carbons (Fsp3) is 0.474. The van der Waals surface area contributed by atoms with E-state index in [0.29, 0.717) is 49.3 Å². The second-order valence-corrected chi connectivity index (χ2v) is 7.51. The van der Waals surface area contributed by atoms with E-state index in [2.05, 4.69) is 10.2 Å². The number of aromatic nitrogens is 3. The highest BCUT2D eigenvalue weighted by Gasteiger charge is 2.28. The minimum absolute atomic E-state index is 0.0147. The lowest BCUT2D eigenvalue weighted by Crippen LogP contribution is -2.41. The smallest absolute Gasteiger partial charge is 0.309 e. The van der Waals surface area contributed by atoms with Crippen molar-refractivity contribution < 1.29 is 19.1 Å². The van der Waals surface area contributed by atoms with E-state index in [1.54, 1.807) is 18.9 Å². The van der Waals surface area contributed by atoms with Crippen LogP contribution in [0.25, 0.3) is 11.4 Å². The molecule has 0 radical (unpaired) electrons. The molecule has 3 rings (SSSR count). The molecule has 0 unspecified atom stereocenters. The Kier molecular flexibility index (Phi) is 6.97. The Balaban J connectivity index is 1.57. The average molecular weight is 420 g/mol. The minimum Gasteiger partial charge on any atom is -0.496 e. The Hall–Kier alpha value is -2.75. The van der Waals surface area contributed by atoms with E-state index >= 15 is 0 Å². The third-order valence-corrected chi connectivity index (χ3v) is 5.73. The summed E-state index contributed by atoms with van der Waals surface area (Å²) in [5.74, 6) is 7.14. The van der Waals surface area contributed by atoms with Gasteiger partial charge in [0, 0.05) is 13.1 Å². The fourth-order valence-electron chi connectivity index (χ4n) is 3.23. The van der Waals surface area contributed by atoms with Gasteiger partial charge in [0.15, 0.2) is 5.82 Å². The predicted molar refractivity (Wildman–Crippen MR) is 109 cm³/mol. The lowest BCUT2D eigenvalue weighted by molar-refractivity contribution is -0.151. The number of hydrogen-bond acceptors (Lipinski definition) is 8. The fourth-order valence-corrected chi connectivity index (χ4v) is 3.99. The van der Waals surface area contributed by atoms with Crippen LogP contribution in [0.2, 0.25) is 0 Å². The molecule has 2 N–H and O–H groups in total. The van der Waals surface area contributed by atoms with Crippen LogP contribution in [0.1, 0.15) is 19.8 Å². The lowest BCUT2D eigenvalue weighted by atomic mass is 9.97. The Morgan fingerprint density at radius 2 is 1.97 bits per heavy atom. The summed E-state index contributed by atoms with van der Waals surface area (Å²) >= 11 is 1.23. The summed E-state index contributed by atoms with van der Waals surface area (Å²) in [4.78, 5) is 26.1. The number of methoxy groups -OCH3 is 1. The zero-order valence-electron chi connectivity index (χ0n) is 16.5. The number of nitrogens with zero attached hydrogens (tertiary/aromatic N) is 4. The molecule has 29 heavy (non-hydrogen) atoms. The van der Waals surface area contributed by atoms with Crippen LogP contribution in [0.15, 0.2) is 29.4 Å². The molecular formula is C19H25N5O4S. The van der Waals surface area contributed by atoms with E-state index in [0.717, 1.165) is 5.56 Å². The molecule has 0 saturated carbocycles. The van der Waals surface area contributed by atoms with E-state index < -0.39 is 0 Å². The summed E-state index contributed by atoms with van der Waals surface area (Å²) < 4.78 is 11.8. The van der Waals surface area contributed by atoms with Crippen molar-refractivity contribution >= 4 is 23.6 Å². The molecule has 0 spiro atoms. The van der Waals surface area contributed by atoms with Crippen molar-refractivity contribution in [2.24, 2.45) is 5.92 Å². The van der Waals surface area contributed by atoms with Gasteiger partial charge in [-0.15, -0.1) is 10.2 Å². The highest BCUT2D eigenvalue weighted by molar-refractivity contribution is 7.99. The van der Waals surface area contributed by atoms with E-state index in [4.69, 9.17) is 15.3 Å². The highest BCUT2D eigenvalue weighted by Crippen LogP contribution is 2.29. The number of carbonyl (C=O) groups is 2. The van der Waals surface area contributed by atoms with Crippen LogP contribution in [0.4, 0.5) is 0 Å². The quantitative estimate of drug-likeness (QED) is 0.409. The molecule has 2 aromatic rings. The van der Waals surface area contributed by atoms with Crippen LogP contribution in [0.5, 0.6) is 5.75 Å². The van der Waals surface area contributed by atoms with Crippen molar-refractivity contribution in [3.8, 4) is 17.1 Å². The Morgan fingerprint density at radius 1 is 1.24 bits per heavy atom. The zero-order chi connectivity index (χ0) is 20.8. The minimum atomic E-state index is -0.172. The number of benzene rings is 1. The number of likely N-dealkylation sites (tertiary alicyclic amines) is 1. The summed E-state index contributed by atoms with van der Waals surface area (Å²) in [6, 6.07) is 7.39. The van der Waals surface area contributed by atoms with Crippen LogP contribution in [-0.4, -0.2) is 64.2 Å². The molecule has 1 aliphatic heterocycles. The number of nitrogen functional groups attached to an aromatic ring is 1. The molecule has 1 aromatic heterocycles. The first-order valence-electron chi connectivity index (χ1n) is 9.46. The molecule has 10 heteroatoms. The number of para-hydroxylation sites is 1. The van der Waals surface area contributed by atoms with Gasteiger partial charge in [0.05, 0.1) is 31.0 Å². The van der Waals surface area contributed by atoms with Crippen molar-refractivity contribution in [2.45, 2.75) is 24.9 Å². The first-order valence-corrected chi connectivity index (χ1v) is 10.4. The monoisotopic (exact) mass is 419 g/mol. The van der Waals surface area contributed by atoms with Gasteiger partial charge in [0.1, 0.15) is 5.75 Å². The molecule has 9 nitrogen and oxygen atoms in total. The number of rotatable bonds is 7. The van der Waals surface area contributed by atoms with Crippen LogP contribution in [0.3, 0.4) is 0 Å². The number of hydrogen-bond donors (Lipinski definition) is 1. The SMILES string of the molecule is CCOC(=O)C1CCN(C(=O)CSc2nnc(-c3ccccc3OC)n2N)CC1. The third-order valence-electron chi connectivity index (χ3n) is 4.80. The van der Waals surface area contributed by atoms with Gasteiger partial charge in [-0.25, -0.2) is 4.68 Å². The molecule has 1 aliphatic rings. The normalized spacial score (nSPS) is 14.6. The van der Waals surface area contributed by atoms with Crippen LogP contribution >= 0.6 is 11.8 Å². The topological polar surface area (TPSA) is 113 Å². The maximum Gasteiger partial charge on any atom is 0.309 e. The summed E-state index contributed by atoms with van der Waals surface area (Å²) in [5, 5.41) is 8.69. The Labute approximate surface area is 173 Å². The van der Waals surface area contributed by atoms with Gasteiger partial charge in [0.25, 0.3) is 0 Å². The highest BCUT2D eigenvalue weighted by atomic mass is 32.2. The number of carbonyl (C=O) groups excluding carboxylic acids is 2. The summed E-state index contributed by atoms with van der Waals surface area (Å²) in [7, 11) is 1.58. The predicted octanol–water partition coefficient (Wildman–Crippen LogP) is 1.56. The summed E-state index contributed by atoms with van der Waals surface area (Å²) in [5.41, 5.74) is 0.726. The molecule has 1 amide bonds. The molecule has 0 aliphatic carbocycles. The van der Waals surface area contributed by atoms with E-state index in [-0.39, 0.29) is 23.5 Å². The number of piperidine rings is 1. The maximum atomic E-state index is 12.5. The second-order valence-electron chi connectivity index (χ2n) is 6.57. The number of nitrogens with two attached hydrogens (primary N) is 1. The number of esters is 1. The third kappa shape index (κ3) is 4.81. The summed E-state index contributed by atoms with van der Waals surface area (Å²) in [6.07, 6.45) is 1.25. The van der Waals surface area contributed by atoms with Crippen molar-refractivity contribution in [3.05, 3.63) is 24.3 Å². The van der Waals surface area contributed by atoms with Crippen molar-refractivity contribution in [1.29, 1.82) is 0 Å². The number of amides is 1. The standard InChI is InChI=1S/C19H25N5O4S/c1-3-28-18(26)13-8-10-23(11-9-13)16(25)12-29-19-22-21-17(24(19)20)14-6-4-5-7-15(14)27-2/h4-7,13H,3,8-12,20H2,1-2H3. The summed E-state index contributed by atoms with van der Waals surface area (Å²) in [6.45, 7) is 3.27. The largest absolute Gasteiger partial charge is 0.496 e. The van der Waals surface area contributed by atoms with E-state index in [1.807, 2.05) is 24.3 Å². The van der Waals surface area contributed by atoms with Crippen molar-refractivity contribution in [3.63, 3.8) is 0 Å². The van der Waals surface area contributed by atoms with Gasteiger partial charge in [0.2, 0.25) is 11.1 Å². The molecule has 1 saturated heterocycles. The number of ether oxygens (including phenoxy) is 2. The Morgan fingerprint density at radius 3 is 2.66 bits per heavy atom. The zero-order valence-corrected chi connectivity index (χ0v) is 17.4. The average Bonchev–Trinajstić information content (AvgIpc) is 3.12. The van der Waals surface area contributed by atoms with Crippen LogP contribution in [0, 0.1) is 5.92 Å². The van der Waals surface area contributed by atoms with E-state index in [1.165, 1.54) is 16.4 Å². The maximum absolute atomic E-state index is 12.5. The Bertz CT molecular complexity index is 864. The van der Waals surface area contributed by atoms with Gasteiger partial charge in [-0.3, -0.25) is 9.59 Å². The first-order chi connectivity index (χ1) is 14.0. The van der Waals surface area contributed by atoms with Crippen LogP contribution in [-0.2, 0) is 14.3 Å². The molecule has 0 bridgehead atoms. The second kappa shape index (κ2) is 9.64. The molecule has 1 fully saturated rings. The number of thioether (sulfide) groups is 1. The van der Waals surface area contributed by atoms with Crippen molar-refractivity contribution in [1.82, 2.24) is 19.8 Å². The molecular weight excluding hydrogens is 394 g/mol.